The van der Waals surface area contributed by atoms with Crippen LogP contribution in [0.2, 0.25) is 0 Å². The SMILES string of the molecule is CC(OC(=O)CCOc1cccc(N)c1)C(=O)NC1CC1. The van der Waals surface area contributed by atoms with Crippen molar-refractivity contribution in [3.05, 3.63) is 24.3 Å². The molecule has 1 aromatic rings. The maximum atomic E-state index is 11.6. The van der Waals surface area contributed by atoms with Gasteiger partial charge in [0.25, 0.3) is 5.91 Å². The molecule has 3 N–H and O–H groups in total. The van der Waals surface area contributed by atoms with Gasteiger partial charge in [0.1, 0.15) is 5.75 Å². The minimum atomic E-state index is -0.773. The molecule has 0 radical (unpaired) electrons. The Balaban J connectivity index is 1.65. The number of nitrogen functional groups attached to an aromatic ring is 1. The molecule has 0 saturated heterocycles. The second-order valence-electron chi connectivity index (χ2n) is 5.09. The van der Waals surface area contributed by atoms with Crippen molar-refractivity contribution in [3.63, 3.8) is 0 Å². The van der Waals surface area contributed by atoms with Crippen molar-refractivity contribution in [2.75, 3.05) is 12.3 Å². The molecule has 6 nitrogen and oxygen atoms in total. The van der Waals surface area contributed by atoms with Gasteiger partial charge in [0.15, 0.2) is 6.10 Å². The molecule has 0 spiro atoms. The Morgan fingerprint density at radius 2 is 2.19 bits per heavy atom. The van der Waals surface area contributed by atoms with Crippen molar-refractivity contribution in [3.8, 4) is 5.75 Å². The number of carbonyl (C=O) groups is 2. The van der Waals surface area contributed by atoms with E-state index < -0.39 is 12.1 Å². The van der Waals surface area contributed by atoms with E-state index in [2.05, 4.69) is 5.32 Å². The van der Waals surface area contributed by atoms with E-state index in [0.717, 1.165) is 12.8 Å². The van der Waals surface area contributed by atoms with Gasteiger partial charge in [0.2, 0.25) is 0 Å². The molecule has 0 aliphatic heterocycles. The van der Waals surface area contributed by atoms with Crippen molar-refractivity contribution in [1.29, 1.82) is 0 Å². The molecule has 1 fully saturated rings. The largest absolute Gasteiger partial charge is 0.493 e. The third-order valence-electron chi connectivity index (χ3n) is 3.03. The summed E-state index contributed by atoms with van der Waals surface area (Å²) in [5, 5.41) is 2.79. The van der Waals surface area contributed by atoms with Gasteiger partial charge in [0, 0.05) is 17.8 Å². The third-order valence-corrected chi connectivity index (χ3v) is 3.03. The van der Waals surface area contributed by atoms with Crippen LogP contribution < -0.4 is 15.8 Å². The summed E-state index contributed by atoms with van der Waals surface area (Å²) in [5.41, 5.74) is 6.22. The Labute approximate surface area is 123 Å². The number of amides is 1. The molecule has 1 unspecified atom stereocenters. The zero-order valence-corrected chi connectivity index (χ0v) is 12.0. The molecule has 21 heavy (non-hydrogen) atoms. The Hall–Kier alpha value is -2.24. The Kier molecular flexibility index (Phi) is 5.03. The molecule has 1 aliphatic rings. The monoisotopic (exact) mass is 292 g/mol. The number of hydrogen-bond acceptors (Lipinski definition) is 5. The van der Waals surface area contributed by atoms with Gasteiger partial charge in [0.05, 0.1) is 13.0 Å². The second kappa shape index (κ2) is 6.97. The summed E-state index contributed by atoms with van der Waals surface area (Å²) in [6.07, 6.45) is 1.31. The quantitative estimate of drug-likeness (QED) is 0.583. The zero-order valence-electron chi connectivity index (χ0n) is 12.0. The van der Waals surface area contributed by atoms with Crippen molar-refractivity contribution in [2.24, 2.45) is 0 Å². The van der Waals surface area contributed by atoms with Crippen LogP contribution in [0.1, 0.15) is 26.2 Å². The van der Waals surface area contributed by atoms with E-state index in [-0.39, 0.29) is 25.0 Å². The van der Waals surface area contributed by atoms with Crippen LogP contribution >= 0.6 is 0 Å². The Bertz CT molecular complexity index is 514. The molecule has 0 aromatic heterocycles. The van der Waals surface area contributed by atoms with E-state index >= 15 is 0 Å². The zero-order chi connectivity index (χ0) is 15.2. The van der Waals surface area contributed by atoms with Crippen LogP contribution in [0, 0.1) is 0 Å². The standard InChI is InChI=1S/C15H20N2O4/c1-10(15(19)17-12-5-6-12)21-14(18)7-8-20-13-4-2-3-11(16)9-13/h2-4,9-10,12H,5-8,16H2,1H3,(H,17,19). The number of esters is 1. The number of nitrogens with one attached hydrogen (secondary N) is 1. The minimum Gasteiger partial charge on any atom is -0.493 e. The smallest absolute Gasteiger partial charge is 0.310 e. The van der Waals surface area contributed by atoms with Crippen LogP contribution in [0.3, 0.4) is 0 Å². The number of hydrogen-bond donors (Lipinski definition) is 2. The molecule has 1 aromatic carbocycles. The summed E-state index contributed by atoms with van der Waals surface area (Å²) in [6, 6.07) is 7.21. The molecule has 114 valence electrons. The summed E-state index contributed by atoms with van der Waals surface area (Å²) in [5.74, 6) is -0.109. The number of carbonyl (C=O) groups excluding carboxylic acids is 2. The predicted molar refractivity (Wildman–Crippen MR) is 77.7 cm³/mol. The lowest BCUT2D eigenvalue weighted by atomic mass is 10.3. The highest BCUT2D eigenvalue weighted by atomic mass is 16.5. The molecule has 2 rings (SSSR count). The molecule has 0 bridgehead atoms. The normalized spacial score (nSPS) is 15.1. The van der Waals surface area contributed by atoms with Crippen LogP contribution in [-0.4, -0.2) is 30.6 Å². The number of benzene rings is 1. The van der Waals surface area contributed by atoms with E-state index in [1.54, 1.807) is 31.2 Å². The molecule has 1 saturated carbocycles. The van der Waals surface area contributed by atoms with E-state index in [1.807, 2.05) is 0 Å². The number of anilines is 1. The lowest BCUT2D eigenvalue weighted by molar-refractivity contribution is -0.155. The summed E-state index contributed by atoms with van der Waals surface area (Å²) in [7, 11) is 0. The van der Waals surface area contributed by atoms with Crippen LogP contribution in [0.4, 0.5) is 5.69 Å². The molecular formula is C15H20N2O4. The average molecular weight is 292 g/mol. The maximum Gasteiger partial charge on any atom is 0.310 e. The van der Waals surface area contributed by atoms with E-state index in [9.17, 15) is 9.59 Å². The third kappa shape index (κ3) is 5.33. The first-order valence-electron chi connectivity index (χ1n) is 7.03. The first-order chi connectivity index (χ1) is 10.0. The second-order valence-corrected chi connectivity index (χ2v) is 5.09. The molecular weight excluding hydrogens is 272 g/mol. The first kappa shape index (κ1) is 15.2. The van der Waals surface area contributed by atoms with Gasteiger partial charge in [-0.1, -0.05) is 6.07 Å². The fourth-order valence-corrected chi connectivity index (χ4v) is 1.71. The predicted octanol–water partition coefficient (Wildman–Crippen LogP) is 1.25. The van der Waals surface area contributed by atoms with Crippen LogP contribution in [0.5, 0.6) is 5.75 Å². The summed E-state index contributed by atoms with van der Waals surface area (Å²) in [4.78, 5) is 23.2. The highest BCUT2D eigenvalue weighted by Crippen LogP contribution is 2.19. The molecule has 1 amide bonds. The summed E-state index contributed by atoms with van der Waals surface area (Å²) in [6.45, 7) is 1.74. The van der Waals surface area contributed by atoms with Gasteiger partial charge in [-0.15, -0.1) is 0 Å². The lowest BCUT2D eigenvalue weighted by Crippen LogP contribution is -2.37. The molecule has 1 aliphatic carbocycles. The minimum absolute atomic E-state index is 0.0792. The molecule has 6 heteroatoms. The van der Waals surface area contributed by atoms with Gasteiger partial charge in [-0.25, -0.2) is 0 Å². The lowest BCUT2D eigenvalue weighted by Gasteiger charge is -2.13. The fraction of sp³-hybridized carbons (Fsp3) is 0.467. The highest BCUT2D eigenvalue weighted by molar-refractivity contribution is 5.83. The van der Waals surface area contributed by atoms with Gasteiger partial charge >= 0.3 is 5.97 Å². The van der Waals surface area contributed by atoms with Gasteiger partial charge in [-0.3, -0.25) is 9.59 Å². The van der Waals surface area contributed by atoms with E-state index in [0.29, 0.717) is 11.4 Å². The summed E-state index contributed by atoms with van der Waals surface area (Å²) < 4.78 is 10.4. The fourth-order valence-electron chi connectivity index (χ4n) is 1.71. The van der Waals surface area contributed by atoms with Gasteiger partial charge < -0.3 is 20.5 Å². The van der Waals surface area contributed by atoms with Crippen LogP contribution in [0.15, 0.2) is 24.3 Å². The number of ether oxygens (including phenoxy) is 2. The number of rotatable bonds is 7. The Morgan fingerprint density at radius 3 is 2.86 bits per heavy atom. The molecule has 0 heterocycles. The van der Waals surface area contributed by atoms with Crippen molar-refractivity contribution >= 4 is 17.6 Å². The number of nitrogens with two attached hydrogens (primary N) is 1. The van der Waals surface area contributed by atoms with Gasteiger partial charge in [-0.2, -0.15) is 0 Å². The summed E-state index contributed by atoms with van der Waals surface area (Å²) >= 11 is 0. The van der Waals surface area contributed by atoms with Crippen molar-refractivity contribution in [1.82, 2.24) is 5.32 Å². The highest BCUT2D eigenvalue weighted by Gasteiger charge is 2.27. The van der Waals surface area contributed by atoms with Gasteiger partial charge in [-0.05, 0) is 31.9 Å². The van der Waals surface area contributed by atoms with Crippen LogP contribution in [0.25, 0.3) is 0 Å². The average Bonchev–Trinajstić information content (AvgIpc) is 3.22. The molecule has 1 atom stereocenters. The first-order valence-corrected chi connectivity index (χ1v) is 7.03. The van der Waals surface area contributed by atoms with E-state index in [4.69, 9.17) is 15.2 Å². The van der Waals surface area contributed by atoms with Crippen molar-refractivity contribution in [2.45, 2.75) is 38.3 Å². The topological polar surface area (TPSA) is 90.7 Å². The Morgan fingerprint density at radius 1 is 1.43 bits per heavy atom. The maximum absolute atomic E-state index is 11.6. The van der Waals surface area contributed by atoms with Crippen molar-refractivity contribution < 1.29 is 19.1 Å². The van der Waals surface area contributed by atoms with Crippen LogP contribution in [-0.2, 0) is 14.3 Å². The van der Waals surface area contributed by atoms with E-state index in [1.165, 1.54) is 0 Å².